The van der Waals surface area contributed by atoms with Crippen molar-refractivity contribution in [3.8, 4) is 0 Å². The molecule has 76 valence electrons. The maximum atomic E-state index is 4.45. The molecule has 0 atom stereocenters. The first-order valence-electron chi connectivity index (χ1n) is 4.29. The number of amidine groups is 1. The molecule has 1 aliphatic heterocycles. The minimum Gasteiger partial charge on any atom is -0.361 e. The number of aliphatic imine (C=N–C) groups is 1. The highest BCUT2D eigenvalue weighted by atomic mass is 127. The van der Waals surface area contributed by atoms with Gasteiger partial charge in [0.15, 0.2) is 5.17 Å². The van der Waals surface area contributed by atoms with Gasteiger partial charge in [0.2, 0.25) is 0 Å². The average molecular weight is 320 g/mol. The van der Waals surface area contributed by atoms with Crippen LogP contribution in [0.25, 0.3) is 0 Å². The van der Waals surface area contributed by atoms with Crippen LogP contribution in [0.5, 0.6) is 0 Å². The Balaban J connectivity index is 0.000000980. The summed E-state index contributed by atoms with van der Waals surface area (Å²) in [6.45, 7) is 1.70. The molecule has 1 N–H and O–H groups in total. The van der Waals surface area contributed by atoms with Crippen LogP contribution in [-0.4, -0.2) is 11.4 Å². The van der Waals surface area contributed by atoms with Crippen molar-refractivity contribution >= 4 is 40.9 Å². The van der Waals surface area contributed by atoms with E-state index in [1.807, 2.05) is 6.26 Å². The van der Waals surface area contributed by atoms with E-state index in [1.54, 1.807) is 11.8 Å². The SMILES string of the molecule is CSC1=NCc2ccccc2CN1.I. The van der Waals surface area contributed by atoms with Crippen LogP contribution in [-0.2, 0) is 13.1 Å². The predicted molar refractivity (Wildman–Crippen MR) is 73.4 cm³/mol. The number of rotatable bonds is 0. The summed E-state index contributed by atoms with van der Waals surface area (Å²) < 4.78 is 0. The van der Waals surface area contributed by atoms with Crippen LogP contribution < -0.4 is 5.32 Å². The van der Waals surface area contributed by atoms with E-state index in [4.69, 9.17) is 0 Å². The van der Waals surface area contributed by atoms with Crippen LogP contribution in [0.2, 0.25) is 0 Å². The Morgan fingerprint density at radius 1 is 1.29 bits per heavy atom. The van der Waals surface area contributed by atoms with Gasteiger partial charge in [0.1, 0.15) is 0 Å². The Kier molecular flexibility index (Phi) is 4.74. The first-order chi connectivity index (χ1) is 6.40. The van der Waals surface area contributed by atoms with Crippen LogP contribution in [0, 0.1) is 0 Å². The van der Waals surface area contributed by atoms with Gasteiger partial charge >= 0.3 is 0 Å². The van der Waals surface area contributed by atoms with Crippen molar-refractivity contribution in [2.24, 2.45) is 4.99 Å². The molecule has 0 bridgehead atoms. The lowest BCUT2D eigenvalue weighted by atomic mass is 10.1. The second-order valence-electron chi connectivity index (χ2n) is 2.95. The lowest BCUT2D eigenvalue weighted by Gasteiger charge is -2.04. The third kappa shape index (κ3) is 2.63. The summed E-state index contributed by atoms with van der Waals surface area (Å²) in [5.74, 6) is 0. The van der Waals surface area contributed by atoms with Gasteiger partial charge in [-0.05, 0) is 17.4 Å². The number of thioether (sulfide) groups is 1. The van der Waals surface area contributed by atoms with Gasteiger partial charge in [0.25, 0.3) is 0 Å². The molecular formula is C10H13IN2S. The summed E-state index contributed by atoms with van der Waals surface area (Å²) in [5.41, 5.74) is 2.69. The van der Waals surface area contributed by atoms with Crippen molar-refractivity contribution in [1.29, 1.82) is 0 Å². The fraction of sp³-hybridized carbons (Fsp3) is 0.300. The number of halogens is 1. The van der Waals surface area contributed by atoms with Crippen LogP contribution in [0.3, 0.4) is 0 Å². The van der Waals surface area contributed by atoms with Crippen LogP contribution in [0.15, 0.2) is 29.3 Å². The molecule has 0 amide bonds. The topological polar surface area (TPSA) is 24.4 Å². The van der Waals surface area contributed by atoms with E-state index in [-0.39, 0.29) is 24.0 Å². The zero-order valence-corrected chi connectivity index (χ0v) is 11.1. The summed E-state index contributed by atoms with van der Waals surface area (Å²) >= 11 is 1.67. The summed E-state index contributed by atoms with van der Waals surface area (Å²) in [7, 11) is 0. The Morgan fingerprint density at radius 3 is 2.71 bits per heavy atom. The third-order valence-corrected chi connectivity index (χ3v) is 2.79. The molecule has 0 spiro atoms. The highest BCUT2D eigenvalue weighted by molar-refractivity contribution is 14.0. The quantitative estimate of drug-likeness (QED) is 0.743. The Morgan fingerprint density at radius 2 is 2.00 bits per heavy atom. The highest BCUT2D eigenvalue weighted by Crippen LogP contribution is 2.14. The van der Waals surface area contributed by atoms with Gasteiger partial charge in [-0.1, -0.05) is 36.0 Å². The van der Waals surface area contributed by atoms with Gasteiger partial charge in [0, 0.05) is 6.54 Å². The molecule has 2 rings (SSSR count). The lowest BCUT2D eigenvalue weighted by molar-refractivity contribution is 0.931. The molecular weight excluding hydrogens is 307 g/mol. The van der Waals surface area contributed by atoms with Crippen molar-refractivity contribution < 1.29 is 0 Å². The highest BCUT2D eigenvalue weighted by Gasteiger charge is 2.06. The molecule has 0 aliphatic carbocycles. The summed E-state index contributed by atoms with van der Waals surface area (Å²) in [6, 6.07) is 8.44. The minimum atomic E-state index is 0. The van der Waals surface area contributed by atoms with Gasteiger partial charge in [-0.25, -0.2) is 0 Å². The molecule has 1 heterocycles. The largest absolute Gasteiger partial charge is 0.361 e. The molecule has 1 aromatic rings. The zero-order chi connectivity index (χ0) is 9.10. The maximum absolute atomic E-state index is 4.45. The predicted octanol–water partition coefficient (Wildman–Crippen LogP) is 2.63. The van der Waals surface area contributed by atoms with E-state index in [0.29, 0.717) is 0 Å². The van der Waals surface area contributed by atoms with E-state index in [9.17, 15) is 0 Å². The molecule has 0 fully saturated rings. The average Bonchev–Trinajstić information content (AvgIpc) is 2.39. The Bertz CT molecular complexity index is 339. The number of fused-ring (bicyclic) bond motifs is 1. The van der Waals surface area contributed by atoms with E-state index in [0.717, 1.165) is 18.3 Å². The molecule has 2 nitrogen and oxygen atoms in total. The second kappa shape index (κ2) is 5.60. The van der Waals surface area contributed by atoms with Crippen molar-refractivity contribution in [2.75, 3.05) is 6.26 Å². The van der Waals surface area contributed by atoms with Gasteiger partial charge in [-0.2, -0.15) is 0 Å². The number of benzene rings is 1. The molecule has 0 radical (unpaired) electrons. The van der Waals surface area contributed by atoms with Crippen molar-refractivity contribution in [3.05, 3.63) is 35.4 Å². The molecule has 0 saturated carbocycles. The van der Waals surface area contributed by atoms with Crippen LogP contribution in [0.4, 0.5) is 0 Å². The van der Waals surface area contributed by atoms with E-state index in [1.165, 1.54) is 11.1 Å². The monoisotopic (exact) mass is 320 g/mol. The van der Waals surface area contributed by atoms with E-state index >= 15 is 0 Å². The number of nitrogens with zero attached hydrogens (tertiary/aromatic N) is 1. The zero-order valence-electron chi connectivity index (χ0n) is 7.99. The van der Waals surface area contributed by atoms with Gasteiger partial charge in [-0.15, -0.1) is 24.0 Å². The Labute approximate surface area is 106 Å². The fourth-order valence-corrected chi connectivity index (χ4v) is 1.81. The summed E-state index contributed by atoms with van der Waals surface area (Å²) in [6.07, 6.45) is 2.04. The molecule has 1 aromatic carbocycles. The van der Waals surface area contributed by atoms with Gasteiger partial charge in [-0.3, -0.25) is 4.99 Å². The molecule has 4 heteroatoms. The molecule has 1 aliphatic rings. The Hall–Kier alpha value is -0.230. The minimum absolute atomic E-state index is 0. The van der Waals surface area contributed by atoms with Crippen LogP contribution in [0.1, 0.15) is 11.1 Å². The lowest BCUT2D eigenvalue weighted by Crippen LogP contribution is -2.17. The second-order valence-corrected chi connectivity index (χ2v) is 3.74. The molecule has 0 unspecified atom stereocenters. The summed E-state index contributed by atoms with van der Waals surface area (Å²) in [5, 5.41) is 4.34. The first kappa shape index (κ1) is 11.8. The number of hydrogen-bond donors (Lipinski definition) is 1. The fourth-order valence-electron chi connectivity index (χ4n) is 1.40. The first-order valence-corrected chi connectivity index (χ1v) is 5.51. The van der Waals surface area contributed by atoms with E-state index < -0.39 is 0 Å². The van der Waals surface area contributed by atoms with Crippen LogP contribution >= 0.6 is 35.7 Å². The van der Waals surface area contributed by atoms with Crippen molar-refractivity contribution in [2.45, 2.75) is 13.1 Å². The van der Waals surface area contributed by atoms with E-state index in [2.05, 4.69) is 34.6 Å². The molecule has 14 heavy (non-hydrogen) atoms. The maximum Gasteiger partial charge on any atom is 0.156 e. The number of nitrogens with one attached hydrogen (secondary N) is 1. The summed E-state index contributed by atoms with van der Waals surface area (Å²) in [4.78, 5) is 4.45. The number of hydrogen-bond acceptors (Lipinski definition) is 3. The van der Waals surface area contributed by atoms with Gasteiger partial charge in [0.05, 0.1) is 6.54 Å². The third-order valence-electron chi connectivity index (χ3n) is 2.13. The van der Waals surface area contributed by atoms with Gasteiger partial charge < -0.3 is 5.32 Å². The molecule has 0 aromatic heterocycles. The van der Waals surface area contributed by atoms with Crippen molar-refractivity contribution in [1.82, 2.24) is 5.32 Å². The molecule has 0 saturated heterocycles. The smallest absolute Gasteiger partial charge is 0.156 e. The van der Waals surface area contributed by atoms with Crippen molar-refractivity contribution in [3.63, 3.8) is 0 Å². The standard InChI is InChI=1S/C10H12N2S.HI/c1-13-10-11-6-8-4-2-3-5-9(8)7-12-10;/h2-5H,6-7H2,1H3,(H,11,12);1H. The normalized spacial score (nSPS) is 14.2.